The van der Waals surface area contributed by atoms with Gasteiger partial charge in [-0.1, -0.05) is 30.7 Å². The number of halogens is 1. The van der Waals surface area contributed by atoms with E-state index in [1.54, 1.807) is 13.2 Å². The molecular formula is C22H27ClN2O4S. The van der Waals surface area contributed by atoms with Gasteiger partial charge in [-0.2, -0.15) is 4.31 Å². The Morgan fingerprint density at radius 2 is 1.97 bits per heavy atom. The van der Waals surface area contributed by atoms with Crippen LogP contribution < -0.4 is 10.1 Å². The molecule has 0 aromatic heterocycles. The van der Waals surface area contributed by atoms with Gasteiger partial charge in [-0.15, -0.1) is 0 Å². The summed E-state index contributed by atoms with van der Waals surface area (Å²) in [7, 11) is -2.13. The Labute approximate surface area is 183 Å². The van der Waals surface area contributed by atoms with Crippen molar-refractivity contribution in [3.05, 3.63) is 58.6 Å². The summed E-state index contributed by atoms with van der Waals surface area (Å²) in [5, 5.41) is 2.97. The molecule has 0 unspecified atom stereocenters. The van der Waals surface area contributed by atoms with E-state index >= 15 is 0 Å². The van der Waals surface area contributed by atoms with E-state index in [4.69, 9.17) is 16.3 Å². The molecule has 1 N–H and O–H groups in total. The van der Waals surface area contributed by atoms with Crippen LogP contribution >= 0.6 is 11.6 Å². The Hall–Kier alpha value is -2.09. The highest BCUT2D eigenvalue weighted by molar-refractivity contribution is 7.89. The molecule has 1 atom stereocenters. The third-order valence-electron chi connectivity index (χ3n) is 5.29. The fraction of sp³-hybridized carbons (Fsp3) is 0.409. The van der Waals surface area contributed by atoms with E-state index < -0.39 is 10.0 Å². The predicted octanol–water partition coefficient (Wildman–Crippen LogP) is 3.74. The third-order valence-corrected chi connectivity index (χ3v) is 7.64. The number of ether oxygens (including phenoxy) is 1. The summed E-state index contributed by atoms with van der Waals surface area (Å²) >= 11 is 6.20. The molecule has 0 bridgehead atoms. The largest absolute Gasteiger partial charge is 0.497 e. The van der Waals surface area contributed by atoms with Gasteiger partial charge in [0.25, 0.3) is 5.91 Å². The second-order valence-corrected chi connectivity index (χ2v) is 9.92. The molecule has 1 heterocycles. The number of nitrogens with one attached hydrogen (secondary N) is 1. The maximum Gasteiger partial charge on any atom is 0.251 e. The number of amides is 1. The minimum absolute atomic E-state index is 0.0129. The van der Waals surface area contributed by atoms with E-state index in [-0.39, 0.29) is 21.4 Å². The molecule has 0 aliphatic carbocycles. The number of benzene rings is 2. The number of carbonyl (C=O) groups excluding carboxylic acids is 1. The Morgan fingerprint density at radius 3 is 2.63 bits per heavy atom. The first kappa shape index (κ1) is 22.6. The normalized spacial score (nSPS) is 17.5. The number of hydrogen-bond acceptors (Lipinski definition) is 4. The maximum absolute atomic E-state index is 13.1. The number of methoxy groups -OCH3 is 1. The first-order valence-corrected chi connectivity index (χ1v) is 11.8. The summed E-state index contributed by atoms with van der Waals surface area (Å²) in [6, 6.07) is 12.0. The van der Waals surface area contributed by atoms with Crippen molar-refractivity contribution >= 4 is 27.5 Å². The van der Waals surface area contributed by atoms with E-state index in [0.717, 1.165) is 24.2 Å². The van der Waals surface area contributed by atoms with Gasteiger partial charge >= 0.3 is 0 Å². The fourth-order valence-corrected chi connectivity index (χ4v) is 5.66. The van der Waals surface area contributed by atoms with Gasteiger partial charge in [0.2, 0.25) is 10.0 Å². The molecule has 1 amide bonds. The summed E-state index contributed by atoms with van der Waals surface area (Å²) in [5.41, 5.74) is 1.34. The quantitative estimate of drug-likeness (QED) is 0.697. The van der Waals surface area contributed by atoms with Gasteiger partial charge in [0, 0.05) is 25.2 Å². The zero-order valence-electron chi connectivity index (χ0n) is 17.2. The van der Waals surface area contributed by atoms with Crippen molar-refractivity contribution in [2.45, 2.75) is 31.1 Å². The highest BCUT2D eigenvalue weighted by Gasteiger charge is 2.30. The van der Waals surface area contributed by atoms with Gasteiger partial charge in [0.05, 0.1) is 12.1 Å². The van der Waals surface area contributed by atoms with E-state index in [1.807, 2.05) is 31.2 Å². The molecule has 8 heteroatoms. The Bertz CT molecular complexity index is 993. The van der Waals surface area contributed by atoms with E-state index in [9.17, 15) is 13.2 Å². The average Bonchev–Trinajstić information content (AvgIpc) is 2.74. The lowest BCUT2D eigenvalue weighted by atomic mass is 10.0. The van der Waals surface area contributed by atoms with Crippen molar-refractivity contribution in [3.63, 3.8) is 0 Å². The van der Waals surface area contributed by atoms with Crippen LogP contribution in [-0.4, -0.2) is 45.4 Å². The van der Waals surface area contributed by atoms with Crippen LogP contribution in [0.15, 0.2) is 47.4 Å². The second kappa shape index (κ2) is 9.81. The van der Waals surface area contributed by atoms with E-state index in [2.05, 4.69) is 5.32 Å². The number of sulfonamides is 1. The number of rotatable bonds is 7. The molecule has 162 valence electrons. The van der Waals surface area contributed by atoms with Crippen LogP contribution in [0.2, 0.25) is 5.02 Å². The summed E-state index contributed by atoms with van der Waals surface area (Å²) in [6.07, 6.45) is 2.49. The molecule has 2 aromatic rings. The first-order valence-electron chi connectivity index (χ1n) is 10.0. The summed E-state index contributed by atoms with van der Waals surface area (Å²) in [4.78, 5) is 12.6. The molecule has 1 fully saturated rings. The van der Waals surface area contributed by atoms with Crippen molar-refractivity contribution < 1.29 is 17.9 Å². The summed E-state index contributed by atoms with van der Waals surface area (Å²) < 4.78 is 32.8. The van der Waals surface area contributed by atoms with Crippen molar-refractivity contribution in [1.82, 2.24) is 9.62 Å². The topological polar surface area (TPSA) is 75.7 Å². The molecule has 3 rings (SSSR count). The molecular weight excluding hydrogens is 424 g/mol. The van der Waals surface area contributed by atoms with Crippen molar-refractivity contribution in [2.75, 3.05) is 26.7 Å². The molecule has 6 nitrogen and oxygen atoms in total. The zero-order valence-corrected chi connectivity index (χ0v) is 18.8. The molecule has 1 aliphatic rings. The number of carbonyl (C=O) groups is 1. The van der Waals surface area contributed by atoms with Gasteiger partial charge in [0.15, 0.2) is 0 Å². The highest BCUT2D eigenvalue weighted by atomic mass is 35.5. The van der Waals surface area contributed by atoms with Crippen LogP contribution in [0.3, 0.4) is 0 Å². The van der Waals surface area contributed by atoms with E-state index in [1.165, 1.54) is 16.4 Å². The highest BCUT2D eigenvalue weighted by Crippen LogP contribution is 2.29. The lowest BCUT2D eigenvalue weighted by Gasteiger charge is -2.30. The molecule has 0 radical (unpaired) electrons. The van der Waals surface area contributed by atoms with Crippen molar-refractivity contribution in [2.24, 2.45) is 5.92 Å². The standard InChI is InChI=1S/C22H27ClN2O4S/c1-16-4-3-13-25(15-16)30(27,28)21-14-18(7-10-20(21)23)22(26)24-12-11-17-5-8-19(29-2)9-6-17/h5-10,14,16H,3-4,11-13,15H2,1-2H3,(H,24,26)/t16-/m0/s1. The minimum Gasteiger partial charge on any atom is -0.497 e. The summed E-state index contributed by atoms with van der Waals surface area (Å²) in [5.74, 6) is 0.751. The van der Waals surface area contributed by atoms with Gasteiger partial charge in [0.1, 0.15) is 10.6 Å². The predicted molar refractivity (Wildman–Crippen MR) is 118 cm³/mol. The van der Waals surface area contributed by atoms with Crippen LogP contribution in [0.4, 0.5) is 0 Å². The lowest BCUT2D eigenvalue weighted by molar-refractivity contribution is 0.0954. The Morgan fingerprint density at radius 1 is 1.23 bits per heavy atom. The van der Waals surface area contributed by atoms with Gasteiger partial charge in [-0.25, -0.2) is 8.42 Å². The van der Waals surface area contributed by atoms with Crippen LogP contribution in [-0.2, 0) is 16.4 Å². The molecule has 0 saturated carbocycles. The smallest absolute Gasteiger partial charge is 0.251 e. The fourth-order valence-electron chi connectivity index (χ4n) is 3.56. The van der Waals surface area contributed by atoms with Crippen molar-refractivity contribution in [1.29, 1.82) is 0 Å². The monoisotopic (exact) mass is 450 g/mol. The van der Waals surface area contributed by atoms with Gasteiger partial charge in [-0.05, 0) is 61.1 Å². The Kier molecular flexibility index (Phi) is 7.39. The van der Waals surface area contributed by atoms with Crippen LogP contribution in [0.1, 0.15) is 35.7 Å². The number of nitrogens with zero attached hydrogens (tertiary/aromatic N) is 1. The molecule has 1 saturated heterocycles. The summed E-state index contributed by atoms with van der Waals surface area (Å²) in [6.45, 7) is 3.41. The van der Waals surface area contributed by atoms with Crippen LogP contribution in [0.25, 0.3) is 0 Å². The van der Waals surface area contributed by atoms with Crippen LogP contribution in [0, 0.1) is 5.92 Å². The zero-order chi connectivity index (χ0) is 21.7. The molecule has 30 heavy (non-hydrogen) atoms. The maximum atomic E-state index is 13.1. The van der Waals surface area contributed by atoms with E-state index in [0.29, 0.717) is 32.0 Å². The second-order valence-electron chi connectivity index (χ2n) is 7.61. The number of hydrogen-bond donors (Lipinski definition) is 1. The Balaban J connectivity index is 1.68. The third kappa shape index (κ3) is 5.33. The number of piperidine rings is 1. The average molecular weight is 451 g/mol. The molecule has 2 aromatic carbocycles. The molecule has 1 aliphatic heterocycles. The lowest BCUT2D eigenvalue weighted by Crippen LogP contribution is -2.39. The SMILES string of the molecule is COc1ccc(CCNC(=O)c2ccc(Cl)c(S(=O)(=O)N3CCC[C@H](C)C3)c2)cc1. The minimum atomic E-state index is -3.74. The molecule has 0 spiro atoms. The first-order chi connectivity index (χ1) is 14.3. The van der Waals surface area contributed by atoms with Gasteiger partial charge < -0.3 is 10.1 Å². The van der Waals surface area contributed by atoms with Crippen molar-refractivity contribution in [3.8, 4) is 5.75 Å². The van der Waals surface area contributed by atoms with Gasteiger partial charge in [-0.3, -0.25) is 4.79 Å². The van der Waals surface area contributed by atoms with Crippen LogP contribution in [0.5, 0.6) is 5.75 Å².